The molecule has 0 aliphatic carbocycles. The van der Waals surface area contributed by atoms with E-state index in [2.05, 4.69) is 77.3 Å². The Morgan fingerprint density at radius 1 is 1.00 bits per heavy atom. The van der Waals surface area contributed by atoms with Crippen molar-refractivity contribution in [3.63, 3.8) is 0 Å². The number of hydrogen-bond donors (Lipinski definition) is 1. The van der Waals surface area contributed by atoms with E-state index in [-0.39, 0.29) is 5.41 Å². The van der Waals surface area contributed by atoms with Crippen LogP contribution < -0.4 is 10.2 Å². The highest BCUT2D eigenvalue weighted by Gasteiger charge is 2.20. The summed E-state index contributed by atoms with van der Waals surface area (Å²) in [6.45, 7) is 12.4. The van der Waals surface area contributed by atoms with Gasteiger partial charge in [-0.05, 0) is 54.4 Å². The highest BCUT2D eigenvalue weighted by molar-refractivity contribution is 7.80. The monoisotopic (exact) mass is 368 g/mol. The topological polar surface area (TPSA) is 31.4 Å². The first-order valence-corrected chi connectivity index (χ1v) is 9.59. The third-order valence-corrected chi connectivity index (χ3v) is 5.13. The van der Waals surface area contributed by atoms with Gasteiger partial charge in [0.25, 0.3) is 0 Å². The standard InChI is InChI=1S/C21H28N4S/c1-16-6-5-7-19(22-16)24-12-14-25(15-13-24)20(26)23-18-10-8-17(9-11-18)21(2,3)4/h5-11H,12-15H2,1-4H3,(H,23,26). The Kier molecular flexibility index (Phi) is 5.47. The molecule has 0 amide bonds. The molecule has 1 aromatic heterocycles. The van der Waals surface area contributed by atoms with Gasteiger partial charge in [-0.25, -0.2) is 4.98 Å². The van der Waals surface area contributed by atoms with Gasteiger partial charge >= 0.3 is 0 Å². The quantitative estimate of drug-likeness (QED) is 0.803. The van der Waals surface area contributed by atoms with Crippen LogP contribution in [-0.2, 0) is 5.41 Å². The molecule has 26 heavy (non-hydrogen) atoms. The van der Waals surface area contributed by atoms with Gasteiger partial charge in [-0.15, -0.1) is 0 Å². The SMILES string of the molecule is Cc1cccc(N2CCN(C(=S)Nc3ccc(C(C)(C)C)cc3)CC2)n1. The zero-order valence-electron chi connectivity index (χ0n) is 16.1. The Hall–Kier alpha value is -2.14. The fourth-order valence-electron chi connectivity index (χ4n) is 3.10. The Balaban J connectivity index is 1.55. The summed E-state index contributed by atoms with van der Waals surface area (Å²) < 4.78 is 0. The Morgan fingerprint density at radius 2 is 1.65 bits per heavy atom. The molecular weight excluding hydrogens is 340 g/mol. The number of pyridine rings is 1. The average molecular weight is 369 g/mol. The van der Waals surface area contributed by atoms with Crippen LogP contribution in [0.15, 0.2) is 42.5 Å². The minimum Gasteiger partial charge on any atom is -0.353 e. The molecule has 0 unspecified atom stereocenters. The number of thiocarbonyl (C=S) groups is 1. The van der Waals surface area contributed by atoms with E-state index < -0.39 is 0 Å². The van der Waals surface area contributed by atoms with Gasteiger partial charge in [0, 0.05) is 37.6 Å². The van der Waals surface area contributed by atoms with Gasteiger partial charge in [-0.3, -0.25) is 0 Å². The fourth-order valence-corrected chi connectivity index (χ4v) is 3.40. The number of rotatable bonds is 2. The first-order chi connectivity index (χ1) is 12.3. The van der Waals surface area contributed by atoms with Crippen molar-refractivity contribution in [3.8, 4) is 0 Å². The molecule has 2 heterocycles. The van der Waals surface area contributed by atoms with Crippen molar-refractivity contribution in [2.45, 2.75) is 33.1 Å². The summed E-state index contributed by atoms with van der Waals surface area (Å²) >= 11 is 5.62. The lowest BCUT2D eigenvalue weighted by molar-refractivity contribution is 0.389. The number of hydrogen-bond acceptors (Lipinski definition) is 3. The van der Waals surface area contributed by atoms with Crippen molar-refractivity contribution in [2.75, 3.05) is 36.4 Å². The molecule has 3 rings (SSSR count). The smallest absolute Gasteiger partial charge is 0.173 e. The Labute approximate surface area is 162 Å². The molecule has 0 atom stereocenters. The number of benzene rings is 1. The van der Waals surface area contributed by atoms with Gasteiger partial charge in [0.2, 0.25) is 0 Å². The summed E-state index contributed by atoms with van der Waals surface area (Å²) in [5.41, 5.74) is 3.60. The minimum absolute atomic E-state index is 0.166. The predicted octanol–water partition coefficient (Wildman–Crippen LogP) is 4.21. The van der Waals surface area contributed by atoms with Crippen LogP contribution in [0.25, 0.3) is 0 Å². The van der Waals surface area contributed by atoms with Crippen LogP contribution >= 0.6 is 12.2 Å². The molecule has 1 aromatic carbocycles. The van der Waals surface area contributed by atoms with Gasteiger partial charge in [-0.2, -0.15) is 0 Å². The van der Waals surface area contributed by atoms with Crippen LogP contribution in [0.3, 0.4) is 0 Å². The molecule has 5 heteroatoms. The lowest BCUT2D eigenvalue weighted by Crippen LogP contribution is -2.50. The van der Waals surface area contributed by atoms with E-state index in [0.29, 0.717) is 0 Å². The molecular formula is C21H28N4S. The number of anilines is 2. The molecule has 2 aromatic rings. The van der Waals surface area contributed by atoms with Crippen LogP contribution in [0.5, 0.6) is 0 Å². The summed E-state index contributed by atoms with van der Waals surface area (Å²) in [7, 11) is 0. The fraction of sp³-hybridized carbons (Fsp3) is 0.429. The summed E-state index contributed by atoms with van der Waals surface area (Å²) in [4.78, 5) is 9.18. The molecule has 1 N–H and O–H groups in total. The maximum absolute atomic E-state index is 5.62. The zero-order chi connectivity index (χ0) is 18.7. The molecule has 0 bridgehead atoms. The zero-order valence-corrected chi connectivity index (χ0v) is 16.9. The summed E-state index contributed by atoms with van der Waals surface area (Å²) in [6, 6.07) is 14.7. The van der Waals surface area contributed by atoms with E-state index in [9.17, 15) is 0 Å². The Bertz CT molecular complexity index is 756. The van der Waals surface area contributed by atoms with E-state index in [1.165, 1.54) is 5.56 Å². The van der Waals surface area contributed by atoms with Crippen molar-refractivity contribution >= 4 is 28.8 Å². The Morgan fingerprint density at radius 3 is 2.23 bits per heavy atom. The van der Waals surface area contributed by atoms with Crippen LogP contribution in [0.4, 0.5) is 11.5 Å². The number of aryl methyl sites for hydroxylation is 1. The van der Waals surface area contributed by atoms with Crippen LogP contribution in [-0.4, -0.2) is 41.2 Å². The van der Waals surface area contributed by atoms with Gasteiger partial charge in [0.15, 0.2) is 5.11 Å². The highest BCUT2D eigenvalue weighted by Crippen LogP contribution is 2.23. The normalized spacial score (nSPS) is 15.1. The van der Waals surface area contributed by atoms with Crippen LogP contribution in [0.1, 0.15) is 32.0 Å². The molecule has 1 aliphatic rings. The molecule has 4 nitrogen and oxygen atoms in total. The lowest BCUT2D eigenvalue weighted by atomic mass is 9.87. The largest absolute Gasteiger partial charge is 0.353 e. The maximum Gasteiger partial charge on any atom is 0.173 e. The molecule has 1 aliphatic heterocycles. The summed E-state index contributed by atoms with van der Waals surface area (Å²) in [6.07, 6.45) is 0. The predicted molar refractivity (Wildman–Crippen MR) is 114 cm³/mol. The third-order valence-electron chi connectivity index (χ3n) is 4.77. The molecule has 138 valence electrons. The summed E-state index contributed by atoms with van der Waals surface area (Å²) in [5, 5.41) is 4.17. The van der Waals surface area contributed by atoms with Gasteiger partial charge in [0.1, 0.15) is 5.82 Å². The van der Waals surface area contributed by atoms with Gasteiger partial charge in [-0.1, -0.05) is 39.0 Å². The lowest BCUT2D eigenvalue weighted by Gasteiger charge is -2.37. The number of aromatic nitrogens is 1. The second-order valence-electron chi connectivity index (χ2n) is 7.87. The third kappa shape index (κ3) is 4.52. The van der Waals surface area contributed by atoms with Crippen molar-refractivity contribution in [1.29, 1.82) is 0 Å². The molecule has 1 saturated heterocycles. The number of piperazine rings is 1. The van der Waals surface area contributed by atoms with Gasteiger partial charge < -0.3 is 15.1 Å². The molecule has 0 saturated carbocycles. The highest BCUT2D eigenvalue weighted by atomic mass is 32.1. The van der Waals surface area contributed by atoms with E-state index in [4.69, 9.17) is 12.2 Å². The van der Waals surface area contributed by atoms with Crippen molar-refractivity contribution in [1.82, 2.24) is 9.88 Å². The minimum atomic E-state index is 0.166. The van der Waals surface area contributed by atoms with Crippen molar-refractivity contribution < 1.29 is 0 Å². The molecule has 1 fully saturated rings. The van der Waals surface area contributed by atoms with E-state index >= 15 is 0 Å². The van der Waals surface area contributed by atoms with Crippen molar-refractivity contribution in [2.24, 2.45) is 0 Å². The summed E-state index contributed by atoms with van der Waals surface area (Å²) in [5.74, 6) is 1.06. The van der Waals surface area contributed by atoms with Crippen LogP contribution in [0.2, 0.25) is 0 Å². The van der Waals surface area contributed by atoms with E-state index in [1.807, 2.05) is 13.0 Å². The maximum atomic E-state index is 5.62. The second kappa shape index (κ2) is 7.62. The first kappa shape index (κ1) is 18.6. The van der Waals surface area contributed by atoms with Crippen molar-refractivity contribution in [3.05, 3.63) is 53.7 Å². The number of nitrogens with one attached hydrogen (secondary N) is 1. The van der Waals surface area contributed by atoms with Gasteiger partial charge in [0.05, 0.1) is 0 Å². The first-order valence-electron chi connectivity index (χ1n) is 9.18. The number of nitrogens with zero attached hydrogens (tertiary/aromatic N) is 3. The second-order valence-corrected chi connectivity index (χ2v) is 8.26. The van der Waals surface area contributed by atoms with E-state index in [0.717, 1.165) is 48.5 Å². The molecule has 0 spiro atoms. The van der Waals surface area contributed by atoms with E-state index in [1.54, 1.807) is 0 Å². The molecule has 0 radical (unpaired) electrons. The average Bonchev–Trinajstić information content (AvgIpc) is 2.61. The van der Waals surface area contributed by atoms with Crippen LogP contribution in [0, 0.1) is 6.92 Å².